The number of hydrogen-bond donors (Lipinski definition) is 0. The van der Waals surface area contributed by atoms with E-state index in [9.17, 15) is 14.4 Å². The molecule has 1 atom stereocenters. The van der Waals surface area contributed by atoms with E-state index in [0.29, 0.717) is 9.95 Å². The average Bonchev–Trinajstić information content (AvgIpc) is 2.86. The van der Waals surface area contributed by atoms with Gasteiger partial charge in [-0.25, -0.2) is 4.79 Å². The summed E-state index contributed by atoms with van der Waals surface area (Å²) in [5, 5.41) is 0.610. The highest BCUT2D eigenvalue weighted by Crippen LogP contribution is 2.36. The van der Waals surface area contributed by atoms with E-state index in [1.807, 2.05) is 13.8 Å². The SMILES string of the molecule is CC(C)N(C)C(=O)C1=CC2C(=O)N(C)C(=O)[N+](C)=C2S1. The summed E-state index contributed by atoms with van der Waals surface area (Å²) in [6, 6.07) is -0.289. The van der Waals surface area contributed by atoms with Crippen LogP contribution in [-0.2, 0) is 9.59 Å². The lowest BCUT2D eigenvalue weighted by molar-refractivity contribution is -0.403. The van der Waals surface area contributed by atoms with Gasteiger partial charge in [0.05, 0.1) is 19.0 Å². The number of amides is 4. The Kier molecular flexibility index (Phi) is 3.73. The van der Waals surface area contributed by atoms with Crippen molar-refractivity contribution in [1.82, 2.24) is 9.80 Å². The molecule has 7 heteroatoms. The summed E-state index contributed by atoms with van der Waals surface area (Å²) in [6.07, 6.45) is 1.66. The number of carbonyl (C=O) groups is 3. The predicted molar refractivity (Wildman–Crippen MR) is 76.4 cm³/mol. The van der Waals surface area contributed by atoms with Crippen molar-refractivity contribution in [3.8, 4) is 0 Å². The molecule has 1 unspecified atom stereocenters. The number of thioether (sulfide) groups is 1. The van der Waals surface area contributed by atoms with E-state index >= 15 is 0 Å². The summed E-state index contributed by atoms with van der Waals surface area (Å²) in [7, 11) is 4.80. The molecule has 0 fully saturated rings. The first-order valence-corrected chi connectivity index (χ1v) is 7.16. The van der Waals surface area contributed by atoms with E-state index in [0.717, 1.165) is 4.90 Å². The minimum absolute atomic E-state index is 0.0781. The van der Waals surface area contributed by atoms with Crippen LogP contribution in [0.5, 0.6) is 0 Å². The van der Waals surface area contributed by atoms with Crippen LogP contribution in [0.3, 0.4) is 0 Å². The molecule has 2 rings (SSSR count). The Balaban J connectivity index is 2.34. The topological polar surface area (TPSA) is 60.7 Å². The number of nitrogens with zero attached hydrogens (tertiary/aromatic N) is 3. The normalized spacial score (nSPS) is 22.4. The quantitative estimate of drug-likeness (QED) is 0.705. The summed E-state index contributed by atoms with van der Waals surface area (Å²) < 4.78 is 1.43. The maximum atomic E-state index is 12.3. The lowest BCUT2D eigenvalue weighted by Gasteiger charge is -2.21. The highest BCUT2D eigenvalue weighted by Gasteiger charge is 2.48. The summed E-state index contributed by atoms with van der Waals surface area (Å²) in [6.45, 7) is 3.85. The van der Waals surface area contributed by atoms with Crippen molar-refractivity contribution in [3.63, 3.8) is 0 Å². The number of hydrogen-bond acceptors (Lipinski definition) is 4. The van der Waals surface area contributed by atoms with Crippen LogP contribution >= 0.6 is 11.8 Å². The highest BCUT2D eigenvalue weighted by molar-refractivity contribution is 8.18. The minimum Gasteiger partial charge on any atom is -0.339 e. The summed E-state index contributed by atoms with van der Waals surface area (Å²) in [5.41, 5.74) is 0. The molecule has 0 aromatic heterocycles. The molecule has 0 saturated heterocycles. The number of fused-ring (bicyclic) bond motifs is 1. The van der Waals surface area contributed by atoms with Crippen LogP contribution in [0.15, 0.2) is 11.0 Å². The molecule has 0 N–H and O–H groups in total. The zero-order chi connectivity index (χ0) is 15.2. The molecule has 2 heterocycles. The van der Waals surface area contributed by atoms with Crippen LogP contribution in [-0.4, -0.2) is 64.4 Å². The molecule has 4 amide bonds. The van der Waals surface area contributed by atoms with Crippen molar-refractivity contribution >= 4 is 34.7 Å². The van der Waals surface area contributed by atoms with Crippen LogP contribution in [0.4, 0.5) is 4.79 Å². The van der Waals surface area contributed by atoms with E-state index in [2.05, 4.69) is 0 Å². The Hall–Kier alpha value is -1.63. The third-order valence-electron chi connectivity index (χ3n) is 3.61. The molecule has 2 aliphatic heterocycles. The molecule has 0 saturated carbocycles. The second-order valence-electron chi connectivity index (χ2n) is 5.20. The van der Waals surface area contributed by atoms with Crippen molar-refractivity contribution < 1.29 is 19.0 Å². The predicted octanol–water partition coefficient (Wildman–Crippen LogP) is 0.733. The van der Waals surface area contributed by atoms with Crippen LogP contribution in [0.2, 0.25) is 0 Å². The number of urea groups is 1. The van der Waals surface area contributed by atoms with Gasteiger partial charge in [-0.3, -0.25) is 4.79 Å². The zero-order valence-electron chi connectivity index (χ0n) is 12.2. The molecular weight excluding hydrogens is 278 g/mol. The Morgan fingerprint density at radius 1 is 1.45 bits per heavy atom. The van der Waals surface area contributed by atoms with Gasteiger partial charge in [-0.2, -0.15) is 14.3 Å². The number of rotatable bonds is 2. The van der Waals surface area contributed by atoms with Crippen LogP contribution in [0.25, 0.3) is 0 Å². The molecule has 0 bridgehead atoms. The van der Waals surface area contributed by atoms with Crippen LogP contribution in [0.1, 0.15) is 13.8 Å². The van der Waals surface area contributed by atoms with Crippen molar-refractivity contribution in [2.45, 2.75) is 19.9 Å². The van der Waals surface area contributed by atoms with E-state index < -0.39 is 5.92 Å². The molecule has 0 radical (unpaired) electrons. The summed E-state index contributed by atoms with van der Waals surface area (Å²) in [4.78, 5) is 39.5. The molecule has 0 spiro atoms. The second-order valence-corrected chi connectivity index (χ2v) is 6.26. The Bertz CT molecular complexity index is 565. The fraction of sp³-hybridized carbons (Fsp3) is 0.538. The third-order valence-corrected chi connectivity index (χ3v) is 4.87. The van der Waals surface area contributed by atoms with E-state index in [-0.39, 0.29) is 23.9 Å². The number of likely N-dealkylation sites (N-methyl/N-ethyl adjacent to an activating group) is 1. The average molecular weight is 296 g/mol. The van der Waals surface area contributed by atoms with Gasteiger partial charge in [-0.1, -0.05) is 0 Å². The molecule has 6 nitrogen and oxygen atoms in total. The number of carbonyl (C=O) groups excluding carboxylic acids is 3. The minimum atomic E-state index is -0.521. The number of imide groups is 1. The fourth-order valence-corrected chi connectivity index (χ4v) is 3.20. The van der Waals surface area contributed by atoms with E-state index in [1.165, 1.54) is 23.4 Å². The first-order valence-electron chi connectivity index (χ1n) is 6.34. The molecule has 20 heavy (non-hydrogen) atoms. The zero-order valence-corrected chi connectivity index (χ0v) is 13.0. The molecule has 108 valence electrons. The smallest absolute Gasteiger partial charge is 0.339 e. The van der Waals surface area contributed by atoms with Gasteiger partial charge < -0.3 is 4.90 Å². The maximum Gasteiger partial charge on any atom is 0.500 e. The third kappa shape index (κ3) is 2.15. The first-order chi connectivity index (χ1) is 9.25. The molecule has 0 aromatic carbocycles. The van der Waals surface area contributed by atoms with Crippen molar-refractivity contribution in [1.29, 1.82) is 0 Å². The lowest BCUT2D eigenvalue weighted by atomic mass is 10.1. The lowest BCUT2D eigenvalue weighted by Crippen LogP contribution is -2.49. The van der Waals surface area contributed by atoms with Gasteiger partial charge in [0, 0.05) is 13.1 Å². The molecule has 2 aliphatic rings. The van der Waals surface area contributed by atoms with E-state index in [4.69, 9.17) is 0 Å². The first kappa shape index (κ1) is 14.8. The van der Waals surface area contributed by atoms with Gasteiger partial charge in [-0.05, 0) is 31.7 Å². The largest absolute Gasteiger partial charge is 0.500 e. The Labute approximate surface area is 122 Å². The van der Waals surface area contributed by atoms with Gasteiger partial charge in [0.25, 0.3) is 5.91 Å². The van der Waals surface area contributed by atoms with Crippen molar-refractivity contribution in [2.75, 3.05) is 21.1 Å². The summed E-state index contributed by atoms with van der Waals surface area (Å²) >= 11 is 1.21. The van der Waals surface area contributed by atoms with Crippen LogP contribution < -0.4 is 0 Å². The highest BCUT2D eigenvalue weighted by atomic mass is 32.2. The van der Waals surface area contributed by atoms with Gasteiger partial charge in [0.1, 0.15) is 5.92 Å². The summed E-state index contributed by atoms with van der Waals surface area (Å²) in [5.74, 6) is -0.930. The Morgan fingerprint density at radius 2 is 2.05 bits per heavy atom. The van der Waals surface area contributed by atoms with Gasteiger partial charge in [0.15, 0.2) is 5.04 Å². The van der Waals surface area contributed by atoms with Crippen LogP contribution in [0, 0.1) is 5.92 Å². The fourth-order valence-electron chi connectivity index (χ4n) is 2.03. The second kappa shape index (κ2) is 5.05. The van der Waals surface area contributed by atoms with Gasteiger partial charge >= 0.3 is 11.9 Å². The Morgan fingerprint density at radius 3 is 2.60 bits per heavy atom. The molecular formula is C13H18N3O3S+. The molecule has 0 aromatic rings. The van der Waals surface area contributed by atoms with Gasteiger partial charge in [-0.15, -0.1) is 0 Å². The monoisotopic (exact) mass is 296 g/mol. The standard InChI is InChI=1S/C13H18N3O3S/c1-7(2)14(3)11(18)9-6-8-10(17)15(4)13(19)16(5)12(8)20-9/h6-8H,1-5H3/q+1. The van der Waals surface area contributed by atoms with E-state index in [1.54, 1.807) is 25.1 Å². The molecule has 0 aliphatic carbocycles. The maximum absolute atomic E-state index is 12.3. The van der Waals surface area contributed by atoms with Crippen molar-refractivity contribution in [3.05, 3.63) is 11.0 Å². The van der Waals surface area contributed by atoms with Gasteiger partial charge in [0.2, 0.25) is 0 Å². The van der Waals surface area contributed by atoms with Crippen molar-refractivity contribution in [2.24, 2.45) is 5.92 Å².